The molecule has 2 bridgehead atoms. The van der Waals surface area contributed by atoms with Crippen molar-refractivity contribution >= 4 is 11.8 Å². The molecule has 8 nitrogen and oxygen atoms in total. The number of esters is 1. The van der Waals surface area contributed by atoms with Gasteiger partial charge >= 0.3 is 12.3 Å². The fraction of sp³-hybridized carbons (Fsp3) is 0.464. The Kier molecular flexibility index (Phi) is 6.70. The van der Waals surface area contributed by atoms with Gasteiger partial charge in [-0.05, 0) is 62.8 Å². The smallest absolute Gasteiger partial charge is 0.464 e. The van der Waals surface area contributed by atoms with E-state index in [0.717, 1.165) is 44.3 Å². The fourth-order valence-electron chi connectivity index (χ4n) is 5.84. The number of anilines is 1. The molecule has 3 aromatic rings. The Morgan fingerprint density at radius 2 is 1.79 bits per heavy atom. The zero-order chi connectivity index (χ0) is 27.1. The molecule has 1 aromatic carbocycles. The van der Waals surface area contributed by atoms with E-state index in [2.05, 4.69) is 19.8 Å². The number of pyridine rings is 1. The Hall–Kier alpha value is -3.60. The summed E-state index contributed by atoms with van der Waals surface area (Å²) in [4.78, 5) is 18.8. The SMILES string of the molecule is COC(=O)c1cccc(N2[C@@H]3CC[C@H]2CC(OCc2c(-c4ccccc4OC(F)(F)F)noc2C2CC2)C3)n1. The molecule has 1 aliphatic carbocycles. The van der Waals surface area contributed by atoms with E-state index in [1.807, 2.05) is 12.1 Å². The number of rotatable bonds is 8. The molecule has 2 aliphatic heterocycles. The van der Waals surface area contributed by atoms with E-state index in [4.69, 9.17) is 14.0 Å². The zero-order valence-electron chi connectivity index (χ0n) is 21.3. The molecule has 4 heterocycles. The second-order valence-electron chi connectivity index (χ2n) is 10.3. The minimum absolute atomic E-state index is 0.0426. The van der Waals surface area contributed by atoms with Gasteiger partial charge in [-0.1, -0.05) is 23.4 Å². The van der Waals surface area contributed by atoms with E-state index >= 15 is 0 Å². The third-order valence-corrected chi connectivity index (χ3v) is 7.68. The molecular formula is C28H28F3N3O5. The topological polar surface area (TPSA) is 86.9 Å². The van der Waals surface area contributed by atoms with Crippen molar-refractivity contribution in [2.75, 3.05) is 12.0 Å². The summed E-state index contributed by atoms with van der Waals surface area (Å²) in [5.74, 6) is 0.834. The standard InChI is InChI=1S/C28H28F3N3O5/c1-36-27(35)22-6-4-8-24(32-22)34-17-11-12-18(34)14-19(13-17)37-15-21-25(33-39-26(21)16-9-10-16)20-5-2-3-7-23(20)38-28(29,30)31/h2-8,16-19H,9-15H2,1H3/t17-,18+,19?. The Bertz CT molecular complexity index is 1340. The predicted octanol–water partition coefficient (Wildman–Crippen LogP) is 6.02. The number of nitrogens with zero attached hydrogens (tertiary/aromatic N) is 3. The van der Waals surface area contributed by atoms with E-state index in [1.165, 1.54) is 19.2 Å². The van der Waals surface area contributed by atoms with Gasteiger partial charge in [-0.15, -0.1) is 13.2 Å². The first kappa shape index (κ1) is 25.7. The maximum atomic E-state index is 13.1. The summed E-state index contributed by atoms with van der Waals surface area (Å²) in [7, 11) is 1.33. The van der Waals surface area contributed by atoms with Gasteiger partial charge in [0, 0.05) is 29.1 Å². The van der Waals surface area contributed by atoms with Gasteiger partial charge in [0.2, 0.25) is 0 Å². The molecule has 1 saturated carbocycles. The lowest BCUT2D eigenvalue weighted by Gasteiger charge is -2.39. The van der Waals surface area contributed by atoms with Gasteiger partial charge in [-0.25, -0.2) is 9.78 Å². The van der Waals surface area contributed by atoms with Crippen LogP contribution in [-0.2, 0) is 16.1 Å². The fourth-order valence-corrected chi connectivity index (χ4v) is 5.84. The van der Waals surface area contributed by atoms with E-state index < -0.39 is 12.3 Å². The monoisotopic (exact) mass is 543 g/mol. The predicted molar refractivity (Wildman–Crippen MR) is 133 cm³/mol. The number of piperidine rings is 1. The quantitative estimate of drug-likeness (QED) is 0.319. The van der Waals surface area contributed by atoms with Gasteiger partial charge in [0.1, 0.15) is 23.0 Å². The molecule has 2 aromatic heterocycles. The lowest BCUT2D eigenvalue weighted by Crippen LogP contribution is -2.46. The Morgan fingerprint density at radius 3 is 2.49 bits per heavy atom. The van der Waals surface area contributed by atoms with Crippen LogP contribution in [0.2, 0.25) is 0 Å². The normalized spacial score (nSPS) is 22.7. The highest BCUT2D eigenvalue weighted by Gasteiger charge is 2.42. The molecular weight excluding hydrogens is 515 g/mol. The van der Waals surface area contributed by atoms with Crippen molar-refractivity contribution in [1.29, 1.82) is 0 Å². The van der Waals surface area contributed by atoms with Crippen LogP contribution in [0.1, 0.15) is 66.3 Å². The average molecular weight is 544 g/mol. The number of carbonyl (C=O) groups is 1. The number of para-hydroxylation sites is 1. The maximum absolute atomic E-state index is 13.1. The molecule has 3 atom stereocenters. The maximum Gasteiger partial charge on any atom is 0.573 e. The van der Waals surface area contributed by atoms with Crippen LogP contribution in [0.5, 0.6) is 5.75 Å². The summed E-state index contributed by atoms with van der Waals surface area (Å²) in [5, 5.41) is 4.17. The van der Waals surface area contributed by atoms with Crippen LogP contribution >= 0.6 is 0 Å². The second kappa shape index (κ2) is 10.2. The molecule has 1 unspecified atom stereocenters. The summed E-state index contributed by atoms with van der Waals surface area (Å²) in [5.41, 5.74) is 1.49. The number of halogens is 3. The van der Waals surface area contributed by atoms with Gasteiger partial charge in [0.25, 0.3) is 0 Å². The highest BCUT2D eigenvalue weighted by atomic mass is 19.4. The van der Waals surface area contributed by atoms with Gasteiger partial charge in [0.15, 0.2) is 5.69 Å². The van der Waals surface area contributed by atoms with Crippen molar-refractivity contribution in [3.63, 3.8) is 0 Å². The minimum atomic E-state index is -4.83. The number of fused-ring (bicyclic) bond motifs is 2. The largest absolute Gasteiger partial charge is 0.573 e. The van der Waals surface area contributed by atoms with Crippen molar-refractivity contribution < 1.29 is 36.7 Å². The molecule has 11 heteroatoms. The second-order valence-corrected chi connectivity index (χ2v) is 10.3. The van der Waals surface area contributed by atoms with Crippen LogP contribution in [-0.4, -0.2) is 47.8 Å². The van der Waals surface area contributed by atoms with Crippen LogP contribution in [0.3, 0.4) is 0 Å². The lowest BCUT2D eigenvalue weighted by atomic mass is 9.99. The van der Waals surface area contributed by atoms with Crippen LogP contribution in [0.4, 0.5) is 19.0 Å². The van der Waals surface area contributed by atoms with Crippen LogP contribution in [0, 0.1) is 0 Å². The number of carbonyl (C=O) groups excluding carboxylic acids is 1. The minimum Gasteiger partial charge on any atom is -0.464 e. The number of hydrogen-bond acceptors (Lipinski definition) is 8. The summed E-state index contributed by atoms with van der Waals surface area (Å²) < 4.78 is 60.3. The van der Waals surface area contributed by atoms with E-state index in [9.17, 15) is 18.0 Å². The summed E-state index contributed by atoms with van der Waals surface area (Å²) >= 11 is 0. The number of aromatic nitrogens is 2. The van der Waals surface area contributed by atoms with Crippen LogP contribution in [0.15, 0.2) is 47.0 Å². The molecule has 39 heavy (non-hydrogen) atoms. The molecule has 3 fully saturated rings. The van der Waals surface area contributed by atoms with Gasteiger partial charge < -0.3 is 23.6 Å². The third kappa shape index (κ3) is 5.32. The Morgan fingerprint density at radius 1 is 1.05 bits per heavy atom. The van der Waals surface area contributed by atoms with Crippen molar-refractivity contribution in [2.24, 2.45) is 0 Å². The van der Waals surface area contributed by atoms with Crippen molar-refractivity contribution in [1.82, 2.24) is 10.1 Å². The first-order valence-electron chi connectivity index (χ1n) is 13.1. The molecule has 3 aliphatic rings. The highest BCUT2D eigenvalue weighted by molar-refractivity contribution is 5.87. The van der Waals surface area contributed by atoms with E-state index in [1.54, 1.807) is 18.2 Å². The van der Waals surface area contributed by atoms with Gasteiger partial charge in [0.05, 0.1) is 19.8 Å². The zero-order valence-corrected chi connectivity index (χ0v) is 21.3. The highest BCUT2D eigenvalue weighted by Crippen LogP contribution is 2.46. The molecule has 2 saturated heterocycles. The molecule has 0 spiro atoms. The molecule has 206 valence electrons. The average Bonchev–Trinajstić information content (AvgIpc) is 3.62. The lowest BCUT2D eigenvalue weighted by molar-refractivity contribution is -0.274. The van der Waals surface area contributed by atoms with Gasteiger partial charge in [-0.3, -0.25) is 0 Å². The molecule has 0 N–H and O–H groups in total. The van der Waals surface area contributed by atoms with Crippen molar-refractivity contribution in [3.05, 3.63) is 59.5 Å². The first-order valence-corrected chi connectivity index (χ1v) is 13.1. The van der Waals surface area contributed by atoms with E-state index in [0.29, 0.717) is 17.0 Å². The van der Waals surface area contributed by atoms with Crippen molar-refractivity contribution in [2.45, 2.75) is 75.6 Å². The Balaban J connectivity index is 1.20. The number of hydrogen-bond donors (Lipinski definition) is 0. The molecule has 0 amide bonds. The Labute approximate surface area is 223 Å². The molecule has 6 rings (SSSR count). The summed E-state index contributed by atoms with van der Waals surface area (Å²) in [6, 6.07) is 11.7. The number of methoxy groups -OCH3 is 1. The van der Waals surface area contributed by atoms with E-state index in [-0.39, 0.29) is 47.7 Å². The summed E-state index contributed by atoms with van der Waals surface area (Å²) in [6.07, 6.45) is 0.547. The van der Waals surface area contributed by atoms with Crippen LogP contribution in [0.25, 0.3) is 11.3 Å². The molecule has 0 radical (unpaired) electrons. The number of alkyl halides is 3. The van der Waals surface area contributed by atoms with Crippen molar-refractivity contribution in [3.8, 4) is 17.0 Å². The number of benzene rings is 1. The van der Waals surface area contributed by atoms with Crippen LogP contribution < -0.4 is 9.64 Å². The summed E-state index contributed by atoms with van der Waals surface area (Å²) in [6.45, 7) is 0.186. The van der Waals surface area contributed by atoms with Gasteiger partial charge in [-0.2, -0.15) is 0 Å². The number of ether oxygens (including phenoxy) is 3. The first-order chi connectivity index (χ1) is 18.8. The third-order valence-electron chi connectivity index (χ3n) is 7.68.